The first-order chi connectivity index (χ1) is 30.1. The summed E-state index contributed by atoms with van der Waals surface area (Å²) in [6.45, 7) is 12.6. The second kappa shape index (κ2) is 24.8. The summed E-state index contributed by atoms with van der Waals surface area (Å²) in [5.74, 6) is -0.195. The molecule has 0 spiro atoms. The van der Waals surface area contributed by atoms with Gasteiger partial charge in [0.1, 0.15) is 23.0 Å². The Balaban J connectivity index is 1.72. The Morgan fingerprint density at radius 3 is 0.839 bits per heavy atom. The SMILES string of the molecule is CCCCCCCC(=O)Oc1c2c(c(OC(=O)CCCCCCC)c3cc(C)ccc13)-c1c-2c(OC(=O)CCCCCCC)c2cc(C)ccc2c1OC(=O)CCCCCCC. The highest BCUT2D eigenvalue weighted by atomic mass is 16.6. The van der Waals surface area contributed by atoms with Gasteiger partial charge in [-0.3, -0.25) is 19.2 Å². The number of esters is 4. The summed E-state index contributed by atoms with van der Waals surface area (Å²) < 4.78 is 25.8. The van der Waals surface area contributed by atoms with Gasteiger partial charge in [0, 0.05) is 69.5 Å². The number of unbranched alkanes of at least 4 members (excludes halogenated alkanes) is 16. The summed E-state index contributed by atoms with van der Waals surface area (Å²) in [6, 6.07) is 11.6. The van der Waals surface area contributed by atoms with Crippen LogP contribution in [-0.2, 0) is 19.2 Å². The van der Waals surface area contributed by atoms with Gasteiger partial charge < -0.3 is 18.9 Å². The van der Waals surface area contributed by atoms with Crippen molar-refractivity contribution in [2.45, 2.75) is 196 Å². The lowest BCUT2D eigenvalue weighted by Crippen LogP contribution is -2.18. The fourth-order valence-corrected chi connectivity index (χ4v) is 8.55. The van der Waals surface area contributed by atoms with E-state index in [4.69, 9.17) is 18.9 Å². The monoisotopic (exact) mass is 849 g/mol. The number of carbonyl (C=O) groups is 4. The van der Waals surface area contributed by atoms with E-state index in [1.54, 1.807) is 0 Å². The Morgan fingerprint density at radius 1 is 0.339 bits per heavy atom. The van der Waals surface area contributed by atoms with Gasteiger partial charge in [0.15, 0.2) is 0 Å². The van der Waals surface area contributed by atoms with Crippen molar-refractivity contribution in [3.8, 4) is 45.3 Å². The smallest absolute Gasteiger partial charge is 0.311 e. The maximum atomic E-state index is 13.9. The molecule has 336 valence electrons. The minimum absolute atomic E-state index is 0.241. The number of carbonyl (C=O) groups excluding carboxylic acids is 4. The van der Waals surface area contributed by atoms with E-state index in [1.807, 2.05) is 50.2 Å². The van der Waals surface area contributed by atoms with Crippen molar-refractivity contribution < 1.29 is 38.1 Å². The molecule has 0 unspecified atom stereocenters. The van der Waals surface area contributed by atoms with Gasteiger partial charge in [-0.15, -0.1) is 0 Å². The van der Waals surface area contributed by atoms with Gasteiger partial charge in [0.05, 0.1) is 0 Å². The zero-order valence-corrected chi connectivity index (χ0v) is 38.7. The van der Waals surface area contributed by atoms with Crippen LogP contribution in [0, 0.1) is 13.8 Å². The van der Waals surface area contributed by atoms with Crippen LogP contribution in [0.15, 0.2) is 36.4 Å². The van der Waals surface area contributed by atoms with Crippen LogP contribution in [0.5, 0.6) is 23.0 Å². The summed E-state index contributed by atoms with van der Waals surface area (Å²) >= 11 is 0. The van der Waals surface area contributed by atoms with E-state index in [2.05, 4.69) is 27.7 Å². The molecule has 62 heavy (non-hydrogen) atoms. The van der Waals surface area contributed by atoms with Gasteiger partial charge in [-0.25, -0.2) is 0 Å². The van der Waals surface area contributed by atoms with Gasteiger partial charge >= 0.3 is 23.9 Å². The van der Waals surface area contributed by atoms with Crippen molar-refractivity contribution in [2.24, 2.45) is 0 Å². The Hall–Kier alpha value is -4.72. The molecule has 0 aliphatic heterocycles. The molecule has 8 heteroatoms. The van der Waals surface area contributed by atoms with Gasteiger partial charge in [-0.1, -0.05) is 166 Å². The molecular weight excluding hydrogens is 777 g/mol. The quantitative estimate of drug-likeness (QED) is 0.0278. The third-order valence-corrected chi connectivity index (χ3v) is 12.0. The Labute approximate surface area is 370 Å². The summed E-state index contributed by atoms with van der Waals surface area (Å²) in [5.41, 5.74) is 3.89. The molecule has 0 radical (unpaired) electrons. The summed E-state index contributed by atoms with van der Waals surface area (Å²) in [7, 11) is 0. The molecule has 0 bridgehead atoms. The van der Waals surface area contributed by atoms with Crippen LogP contribution in [-0.4, -0.2) is 23.9 Å². The zero-order valence-electron chi connectivity index (χ0n) is 38.7. The lowest BCUT2D eigenvalue weighted by molar-refractivity contribution is -0.135. The van der Waals surface area contributed by atoms with Gasteiger partial charge in [-0.05, 0) is 51.7 Å². The van der Waals surface area contributed by atoms with Crippen LogP contribution in [0.1, 0.15) is 193 Å². The number of hydrogen-bond donors (Lipinski definition) is 0. The van der Waals surface area contributed by atoms with E-state index < -0.39 is 0 Å². The maximum Gasteiger partial charge on any atom is 0.311 e. The minimum Gasteiger partial charge on any atom is -0.425 e. The summed E-state index contributed by atoms with van der Waals surface area (Å²) in [5, 5.41) is 2.44. The Morgan fingerprint density at radius 2 is 0.581 bits per heavy atom. The number of rotatable bonds is 28. The van der Waals surface area contributed by atoms with Crippen molar-refractivity contribution in [3.63, 3.8) is 0 Å². The summed E-state index contributed by atoms with van der Waals surface area (Å²) in [4.78, 5) is 55.4. The predicted molar refractivity (Wildman–Crippen MR) is 251 cm³/mol. The van der Waals surface area contributed by atoms with Crippen LogP contribution >= 0.6 is 0 Å². The predicted octanol–water partition coefficient (Wildman–Crippen LogP) is 15.3. The third kappa shape index (κ3) is 12.7. The van der Waals surface area contributed by atoms with E-state index in [0.717, 1.165) is 114 Å². The van der Waals surface area contributed by atoms with E-state index in [-0.39, 0.29) is 49.6 Å². The molecule has 4 aromatic rings. The molecule has 4 aromatic carbocycles. The molecule has 1 aliphatic rings. The topological polar surface area (TPSA) is 105 Å². The molecule has 8 nitrogen and oxygen atoms in total. The van der Waals surface area contributed by atoms with Crippen molar-refractivity contribution in [3.05, 3.63) is 47.5 Å². The average Bonchev–Trinajstić information content (AvgIpc) is 3.23. The first-order valence-corrected chi connectivity index (χ1v) is 24.2. The molecule has 0 amide bonds. The molecule has 0 aromatic heterocycles. The molecule has 0 N–H and O–H groups in total. The number of fused-ring (bicyclic) bond motifs is 6. The van der Waals surface area contributed by atoms with E-state index >= 15 is 0 Å². The largest absolute Gasteiger partial charge is 0.425 e. The fourth-order valence-electron chi connectivity index (χ4n) is 8.55. The van der Waals surface area contributed by atoms with Crippen LogP contribution in [0.25, 0.3) is 43.8 Å². The highest BCUT2D eigenvalue weighted by Gasteiger charge is 2.42. The van der Waals surface area contributed by atoms with Crippen LogP contribution in [0.2, 0.25) is 0 Å². The number of aryl methyl sites for hydroxylation is 2. The minimum atomic E-state index is -0.368. The lowest BCUT2D eigenvalue weighted by Gasteiger charge is -2.34. The average molecular weight is 849 g/mol. The van der Waals surface area contributed by atoms with Gasteiger partial charge in [-0.2, -0.15) is 0 Å². The van der Waals surface area contributed by atoms with Crippen LogP contribution in [0.3, 0.4) is 0 Å². The second-order valence-electron chi connectivity index (χ2n) is 17.5. The molecule has 5 rings (SSSR count). The molecule has 0 saturated heterocycles. The summed E-state index contributed by atoms with van der Waals surface area (Å²) in [6.07, 6.45) is 20.5. The van der Waals surface area contributed by atoms with Gasteiger partial charge in [0.2, 0.25) is 0 Å². The number of benzene rings is 4. The second-order valence-corrected chi connectivity index (χ2v) is 17.5. The molecule has 0 fully saturated rings. The van der Waals surface area contributed by atoms with Crippen LogP contribution < -0.4 is 18.9 Å². The fraction of sp³-hybridized carbons (Fsp3) is 0.556. The molecule has 1 aliphatic carbocycles. The Bertz CT molecular complexity index is 2000. The standard InChI is InChI=1S/C54H72O8/c1-7-11-15-19-23-27-43(55)59-51-39-33-31-37(5)35-41(39)53(61-45(57)29-25-21-17-13-9-3)49-47(51)50-48(49)52(60-44(56)28-24-20-16-12-8-2)40-34-32-38(6)36-42(40)54(50)62-46(58)30-26-22-18-14-10-4/h31-36H,7-30H2,1-6H3. The molecule has 0 heterocycles. The third-order valence-electron chi connectivity index (χ3n) is 12.0. The lowest BCUT2D eigenvalue weighted by atomic mass is 9.74. The first-order valence-electron chi connectivity index (χ1n) is 24.2. The Kier molecular flexibility index (Phi) is 19.3. The normalized spacial score (nSPS) is 11.6. The van der Waals surface area contributed by atoms with Crippen molar-refractivity contribution in [1.29, 1.82) is 0 Å². The van der Waals surface area contributed by atoms with E-state index in [1.165, 1.54) is 0 Å². The highest BCUT2D eigenvalue weighted by molar-refractivity contribution is 6.25. The van der Waals surface area contributed by atoms with Crippen molar-refractivity contribution >= 4 is 45.4 Å². The van der Waals surface area contributed by atoms with E-state index in [0.29, 0.717) is 92.5 Å². The van der Waals surface area contributed by atoms with Gasteiger partial charge in [0.25, 0.3) is 0 Å². The zero-order chi connectivity index (χ0) is 44.4. The first kappa shape index (κ1) is 48.3. The number of hydrogen-bond acceptors (Lipinski definition) is 8. The van der Waals surface area contributed by atoms with Crippen molar-refractivity contribution in [1.82, 2.24) is 0 Å². The van der Waals surface area contributed by atoms with E-state index in [9.17, 15) is 19.2 Å². The van der Waals surface area contributed by atoms with Crippen LogP contribution in [0.4, 0.5) is 0 Å². The molecule has 0 atom stereocenters. The number of ether oxygens (including phenoxy) is 4. The maximum absolute atomic E-state index is 13.9. The molecule has 0 saturated carbocycles. The molecular formula is C54H72O8. The van der Waals surface area contributed by atoms with Crippen molar-refractivity contribution in [2.75, 3.05) is 0 Å². The highest BCUT2D eigenvalue weighted by Crippen LogP contribution is 2.67.